The minimum Gasteiger partial charge on any atom is -0.509 e. The first-order valence-electron chi connectivity index (χ1n) is 14.7. The number of nitrogens with one attached hydrogen (secondary N) is 1. The molecule has 1 fully saturated rings. The second kappa shape index (κ2) is 13.8. The summed E-state index contributed by atoms with van der Waals surface area (Å²) in [5, 5.41) is 12.8. The lowest BCUT2D eigenvalue weighted by molar-refractivity contribution is -0.153. The number of aliphatic hydroxyl groups excluding tert-OH is 1. The Hall–Kier alpha value is -5.22. The van der Waals surface area contributed by atoms with Crippen molar-refractivity contribution < 1.29 is 33.7 Å². The van der Waals surface area contributed by atoms with Crippen molar-refractivity contribution in [1.82, 2.24) is 10.2 Å². The van der Waals surface area contributed by atoms with Crippen molar-refractivity contribution >= 4 is 29.5 Å². The molecule has 6 rings (SSSR count). The second-order valence-corrected chi connectivity index (χ2v) is 11.9. The number of ether oxygens (including phenoxy) is 3. The molecule has 9 nitrogen and oxygen atoms in total. The van der Waals surface area contributed by atoms with Gasteiger partial charge in [-0.2, -0.15) is 0 Å². The van der Waals surface area contributed by atoms with Crippen LogP contribution in [-0.4, -0.2) is 52.1 Å². The molecule has 2 aliphatic heterocycles. The van der Waals surface area contributed by atoms with Gasteiger partial charge in [0.05, 0.1) is 19.3 Å². The maximum Gasteiger partial charge on any atom is 0.358 e. The van der Waals surface area contributed by atoms with E-state index in [-0.39, 0.29) is 36.1 Å². The highest BCUT2D eigenvalue weighted by Gasteiger charge is 2.54. The highest BCUT2D eigenvalue weighted by molar-refractivity contribution is 8.00. The third kappa shape index (κ3) is 6.57. The van der Waals surface area contributed by atoms with E-state index in [9.17, 15) is 19.5 Å². The van der Waals surface area contributed by atoms with Crippen LogP contribution in [0.2, 0.25) is 0 Å². The molecule has 1 saturated heterocycles. The van der Waals surface area contributed by atoms with Gasteiger partial charge < -0.3 is 24.6 Å². The summed E-state index contributed by atoms with van der Waals surface area (Å²) in [5.41, 5.74) is 3.13. The number of thioether (sulfide) groups is 1. The molecule has 0 radical (unpaired) electrons. The number of amides is 2. The largest absolute Gasteiger partial charge is 0.509 e. The summed E-state index contributed by atoms with van der Waals surface area (Å²) in [6.45, 7) is -0.0451. The summed E-state index contributed by atoms with van der Waals surface area (Å²) in [6, 6.07) is 33.2. The molecule has 46 heavy (non-hydrogen) atoms. The number of hydrogen-bond donors (Lipinski definition) is 2. The predicted octanol–water partition coefficient (Wildman–Crippen LogP) is 5.32. The molecule has 0 spiro atoms. The van der Waals surface area contributed by atoms with Gasteiger partial charge in [0, 0.05) is 5.56 Å². The Morgan fingerprint density at radius 3 is 2.20 bits per heavy atom. The van der Waals surface area contributed by atoms with Gasteiger partial charge in [0.2, 0.25) is 5.91 Å². The van der Waals surface area contributed by atoms with Crippen molar-refractivity contribution in [1.29, 1.82) is 0 Å². The SMILES string of the molecule is COc1ccc(COC(=O)C2=C(O)CS[C@@H]3C(NC(=O)Cc4ccccc4OC(c4ccccc4)c4ccccc4)C(=O)N23)cc1. The first-order valence-corrected chi connectivity index (χ1v) is 15.8. The highest BCUT2D eigenvalue weighted by Crippen LogP contribution is 2.40. The fraction of sp³-hybridized carbons (Fsp3) is 0.194. The standard InChI is InChI=1S/C36H32N2O7S/c1-43-27-18-16-23(17-19-27)21-44-36(42)32-28(39)22-46-35-31(34(41)38(32)35)37-30(40)20-26-14-8-9-15-29(26)45-33(24-10-4-2-5-11-24)25-12-6-3-7-13-25/h2-19,31,33,35,39H,20-22H2,1H3,(H,37,40)/t31?,35-/m1/s1. The molecule has 1 unspecified atom stereocenters. The van der Waals surface area contributed by atoms with E-state index in [1.165, 1.54) is 16.7 Å². The number of aliphatic hydroxyl groups is 1. The maximum atomic E-state index is 13.3. The fourth-order valence-electron chi connectivity index (χ4n) is 5.41. The summed E-state index contributed by atoms with van der Waals surface area (Å²) in [7, 11) is 1.56. The number of nitrogens with zero attached hydrogens (tertiary/aromatic N) is 1. The zero-order valence-corrected chi connectivity index (χ0v) is 25.8. The van der Waals surface area contributed by atoms with Crippen LogP contribution < -0.4 is 14.8 Å². The molecule has 2 aliphatic rings. The van der Waals surface area contributed by atoms with Crippen molar-refractivity contribution in [3.63, 3.8) is 0 Å². The molecule has 10 heteroatoms. The van der Waals surface area contributed by atoms with Crippen LogP contribution in [0.15, 0.2) is 121 Å². The number of carbonyl (C=O) groups excluding carboxylic acids is 3. The summed E-state index contributed by atoms with van der Waals surface area (Å²) in [4.78, 5) is 40.7. The van der Waals surface area contributed by atoms with E-state index in [1.54, 1.807) is 31.4 Å². The number of methoxy groups -OCH3 is 1. The van der Waals surface area contributed by atoms with Gasteiger partial charge in [0.1, 0.15) is 41.4 Å². The monoisotopic (exact) mass is 636 g/mol. The second-order valence-electron chi connectivity index (χ2n) is 10.8. The first-order chi connectivity index (χ1) is 22.4. The Morgan fingerprint density at radius 1 is 0.913 bits per heavy atom. The van der Waals surface area contributed by atoms with Gasteiger partial charge in [-0.05, 0) is 34.9 Å². The minimum atomic E-state index is -0.857. The Kier molecular flexibility index (Phi) is 9.25. The zero-order chi connectivity index (χ0) is 32.0. The third-order valence-electron chi connectivity index (χ3n) is 7.76. The van der Waals surface area contributed by atoms with Crippen molar-refractivity contribution in [2.24, 2.45) is 0 Å². The van der Waals surface area contributed by atoms with Gasteiger partial charge in [-0.3, -0.25) is 14.5 Å². The van der Waals surface area contributed by atoms with E-state index < -0.39 is 29.4 Å². The van der Waals surface area contributed by atoms with Gasteiger partial charge in [0.15, 0.2) is 5.70 Å². The number of carbonyl (C=O) groups is 3. The van der Waals surface area contributed by atoms with E-state index in [0.29, 0.717) is 17.1 Å². The fourth-order valence-corrected chi connectivity index (χ4v) is 6.61. The number of para-hydroxylation sites is 1. The number of β-lactam (4-membered cyclic amide) rings is 1. The molecule has 234 valence electrons. The van der Waals surface area contributed by atoms with Crippen LogP contribution in [0.5, 0.6) is 11.5 Å². The average molecular weight is 637 g/mol. The van der Waals surface area contributed by atoms with E-state index in [1.807, 2.05) is 84.9 Å². The van der Waals surface area contributed by atoms with E-state index in [0.717, 1.165) is 16.7 Å². The third-order valence-corrected chi connectivity index (χ3v) is 9.02. The number of rotatable bonds is 11. The maximum absolute atomic E-state index is 13.3. The van der Waals surface area contributed by atoms with Gasteiger partial charge in [-0.15, -0.1) is 11.8 Å². The quantitative estimate of drug-likeness (QED) is 0.168. The Bertz CT molecular complexity index is 1710. The number of fused-ring (bicyclic) bond motifs is 1. The minimum absolute atomic E-state index is 0.0223. The van der Waals surface area contributed by atoms with Gasteiger partial charge in [0.25, 0.3) is 5.91 Å². The number of hydrogen-bond acceptors (Lipinski definition) is 8. The molecular weight excluding hydrogens is 604 g/mol. The van der Waals surface area contributed by atoms with E-state index in [2.05, 4.69) is 5.32 Å². The molecule has 2 atom stereocenters. The van der Waals surface area contributed by atoms with Gasteiger partial charge >= 0.3 is 5.97 Å². The first kappa shape index (κ1) is 30.8. The molecule has 0 bridgehead atoms. The van der Waals surface area contributed by atoms with Crippen molar-refractivity contribution in [2.75, 3.05) is 12.9 Å². The van der Waals surface area contributed by atoms with Crippen molar-refractivity contribution in [3.05, 3.63) is 143 Å². The summed E-state index contributed by atoms with van der Waals surface area (Å²) < 4.78 is 17.1. The molecule has 0 saturated carbocycles. The van der Waals surface area contributed by atoms with E-state index >= 15 is 0 Å². The molecule has 4 aromatic rings. The Morgan fingerprint density at radius 2 is 1.54 bits per heavy atom. The molecular formula is C36H32N2O7S. The van der Waals surface area contributed by atoms with Gasteiger partial charge in [-0.1, -0.05) is 91.0 Å². The van der Waals surface area contributed by atoms with Gasteiger partial charge in [-0.25, -0.2) is 4.79 Å². The van der Waals surface area contributed by atoms with Crippen LogP contribution in [-0.2, 0) is 32.1 Å². The molecule has 0 aromatic heterocycles. The number of benzene rings is 4. The normalized spacial score (nSPS) is 17.2. The zero-order valence-electron chi connectivity index (χ0n) is 25.0. The topological polar surface area (TPSA) is 114 Å². The molecule has 4 aromatic carbocycles. The van der Waals surface area contributed by atoms with E-state index in [4.69, 9.17) is 14.2 Å². The summed E-state index contributed by atoms with van der Waals surface area (Å²) >= 11 is 1.26. The smallest absolute Gasteiger partial charge is 0.358 e. The lowest BCUT2D eigenvalue weighted by atomic mass is 10.0. The highest BCUT2D eigenvalue weighted by atomic mass is 32.2. The molecule has 2 heterocycles. The molecule has 0 aliphatic carbocycles. The average Bonchev–Trinajstić information content (AvgIpc) is 3.10. The summed E-state index contributed by atoms with van der Waals surface area (Å²) in [5.74, 6) is -0.588. The Balaban J connectivity index is 1.11. The van der Waals surface area contributed by atoms with Crippen LogP contribution in [0, 0.1) is 0 Å². The van der Waals surface area contributed by atoms with Crippen molar-refractivity contribution in [2.45, 2.75) is 30.5 Å². The van der Waals surface area contributed by atoms with Crippen LogP contribution in [0.4, 0.5) is 0 Å². The van der Waals surface area contributed by atoms with Crippen LogP contribution in [0.3, 0.4) is 0 Å². The Labute approximate surface area is 270 Å². The van der Waals surface area contributed by atoms with Crippen LogP contribution >= 0.6 is 11.8 Å². The number of esters is 1. The van der Waals surface area contributed by atoms with Crippen molar-refractivity contribution in [3.8, 4) is 11.5 Å². The summed E-state index contributed by atoms with van der Waals surface area (Å²) in [6.07, 6.45) is -0.416. The predicted molar refractivity (Wildman–Crippen MR) is 173 cm³/mol. The lowest BCUT2D eigenvalue weighted by Crippen LogP contribution is -2.70. The van der Waals surface area contributed by atoms with Crippen LogP contribution in [0.25, 0.3) is 0 Å². The lowest BCUT2D eigenvalue weighted by Gasteiger charge is -2.48. The molecule has 2 N–H and O–H groups in total. The van der Waals surface area contributed by atoms with Crippen LogP contribution in [0.1, 0.15) is 28.4 Å². The molecule has 2 amide bonds.